The fourth-order valence-electron chi connectivity index (χ4n) is 1.18. The number of hydrogen-bond acceptors (Lipinski definition) is 4. The molecular weight excluding hydrogens is 303 g/mol. The molecule has 0 radical (unpaired) electrons. The van der Waals surface area contributed by atoms with Crippen LogP contribution >= 0.6 is 34.5 Å². The van der Waals surface area contributed by atoms with Gasteiger partial charge in [0.15, 0.2) is 4.21 Å². The van der Waals surface area contributed by atoms with Crippen molar-refractivity contribution in [2.75, 3.05) is 0 Å². The van der Waals surface area contributed by atoms with Crippen molar-refractivity contribution in [2.24, 2.45) is 5.14 Å². The van der Waals surface area contributed by atoms with Gasteiger partial charge in [-0.3, -0.25) is 0 Å². The van der Waals surface area contributed by atoms with Gasteiger partial charge in [-0.05, 0) is 18.2 Å². The first-order valence-electron chi connectivity index (χ1n) is 4.32. The minimum atomic E-state index is -3.72. The summed E-state index contributed by atoms with van der Waals surface area (Å²) in [4.78, 5) is 3.98. The summed E-state index contributed by atoms with van der Waals surface area (Å²) in [7, 11) is -3.72. The standard InChI is InChI=1S/C9H6Cl2N2O2S2/c10-5-1-2-6(7(11)3-5)9-13-4-8(16-9)17(12,14)15/h1-4H,(H2,12,14,15). The second-order valence-corrected chi connectivity index (χ2v) is 6.82. The van der Waals surface area contributed by atoms with Gasteiger partial charge >= 0.3 is 0 Å². The van der Waals surface area contributed by atoms with Crippen LogP contribution in [0.4, 0.5) is 0 Å². The largest absolute Gasteiger partial charge is 0.249 e. The SMILES string of the molecule is NS(=O)(=O)c1cnc(-c2ccc(Cl)cc2Cl)s1. The fourth-order valence-corrected chi connectivity index (χ4v) is 3.32. The van der Waals surface area contributed by atoms with E-state index in [1.54, 1.807) is 18.2 Å². The van der Waals surface area contributed by atoms with Crippen LogP contribution in [0.25, 0.3) is 10.6 Å². The summed E-state index contributed by atoms with van der Waals surface area (Å²) in [5, 5.41) is 6.39. The number of aromatic nitrogens is 1. The van der Waals surface area contributed by atoms with E-state index in [1.807, 2.05) is 0 Å². The number of primary sulfonamides is 1. The molecule has 0 aliphatic rings. The lowest BCUT2D eigenvalue weighted by Crippen LogP contribution is -2.09. The van der Waals surface area contributed by atoms with Crippen LogP contribution in [0.15, 0.2) is 28.6 Å². The Morgan fingerprint density at radius 1 is 1.29 bits per heavy atom. The first kappa shape index (κ1) is 12.8. The van der Waals surface area contributed by atoms with Crippen molar-refractivity contribution in [2.45, 2.75) is 4.21 Å². The molecule has 2 N–H and O–H groups in total. The van der Waals surface area contributed by atoms with Crippen LogP contribution in [0.5, 0.6) is 0 Å². The molecule has 0 amide bonds. The Morgan fingerprint density at radius 3 is 2.53 bits per heavy atom. The van der Waals surface area contributed by atoms with Crippen molar-refractivity contribution in [3.63, 3.8) is 0 Å². The lowest BCUT2D eigenvalue weighted by atomic mass is 10.2. The van der Waals surface area contributed by atoms with E-state index in [0.717, 1.165) is 11.3 Å². The maximum Gasteiger partial charge on any atom is 0.249 e. The lowest BCUT2D eigenvalue weighted by molar-refractivity contribution is 0.599. The summed E-state index contributed by atoms with van der Waals surface area (Å²) in [6.07, 6.45) is 1.21. The molecule has 0 saturated carbocycles. The van der Waals surface area contributed by atoms with E-state index in [4.69, 9.17) is 28.3 Å². The number of benzene rings is 1. The van der Waals surface area contributed by atoms with Gasteiger partial charge in [0, 0.05) is 10.6 Å². The van der Waals surface area contributed by atoms with Crippen molar-refractivity contribution >= 4 is 44.6 Å². The average molecular weight is 309 g/mol. The van der Waals surface area contributed by atoms with E-state index in [-0.39, 0.29) is 4.21 Å². The van der Waals surface area contributed by atoms with Gasteiger partial charge in [0.2, 0.25) is 10.0 Å². The first-order chi connectivity index (χ1) is 7.88. The highest BCUT2D eigenvalue weighted by molar-refractivity contribution is 7.91. The van der Waals surface area contributed by atoms with Crippen molar-refractivity contribution in [1.82, 2.24) is 4.98 Å². The molecule has 8 heteroatoms. The normalized spacial score (nSPS) is 11.7. The van der Waals surface area contributed by atoms with Gasteiger partial charge in [0.1, 0.15) is 5.01 Å². The topological polar surface area (TPSA) is 73.1 Å². The minimum Gasteiger partial charge on any atom is -0.243 e. The van der Waals surface area contributed by atoms with E-state index in [0.29, 0.717) is 20.6 Å². The Kier molecular flexibility index (Phi) is 3.42. The third-order valence-corrected chi connectivity index (χ3v) is 4.91. The van der Waals surface area contributed by atoms with E-state index >= 15 is 0 Å². The minimum absolute atomic E-state index is 0.00137. The highest BCUT2D eigenvalue weighted by Gasteiger charge is 2.15. The molecule has 0 spiro atoms. The number of halogens is 2. The molecule has 1 aromatic carbocycles. The molecule has 2 rings (SSSR count). The van der Waals surface area contributed by atoms with E-state index in [1.165, 1.54) is 6.20 Å². The maximum absolute atomic E-state index is 11.1. The maximum atomic E-state index is 11.1. The van der Waals surface area contributed by atoms with Crippen LogP contribution in [0.2, 0.25) is 10.0 Å². The Bertz CT molecular complexity index is 667. The van der Waals surface area contributed by atoms with Gasteiger partial charge < -0.3 is 0 Å². The van der Waals surface area contributed by atoms with Crippen molar-refractivity contribution in [3.8, 4) is 10.6 Å². The summed E-state index contributed by atoms with van der Waals surface area (Å²) in [5.41, 5.74) is 0.621. The molecule has 0 fully saturated rings. The molecular formula is C9H6Cl2N2O2S2. The summed E-state index contributed by atoms with van der Waals surface area (Å²) >= 11 is 12.7. The monoisotopic (exact) mass is 308 g/mol. The fraction of sp³-hybridized carbons (Fsp3) is 0. The second-order valence-electron chi connectivity index (χ2n) is 3.15. The number of nitrogens with two attached hydrogens (primary N) is 1. The zero-order valence-electron chi connectivity index (χ0n) is 8.22. The lowest BCUT2D eigenvalue weighted by Gasteiger charge is -1.99. The second kappa shape index (κ2) is 4.55. The smallest absolute Gasteiger partial charge is 0.243 e. The first-order valence-corrected chi connectivity index (χ1v) is 7.44. The van der Waals surface area contributed by atoms with Gasteiger partial charge in [-0.1, -0.05) is 23.2 Å². The van der Waals surface area contributed by atoms with E-state index < -0.39 is 10.0 Å². The molecule has 0 aliphatic heterocycles. The Morgan fingerprint density at radius 2 is 2.00 bits per heavy atom. The van der Waals surface area contributed by atoms with Crippen LogP contribution in [0, 0.1) is 0 Å². The van der Waals surface area contributed by atoms with Crippen LogP contribution < -0.4 is 5.14 Å². The van der Waals surface area contributed by atoms with Crippen LogP contribution in [0.1, 0.15) is 0 Å². The molecule has 1 aromatic heterocycles. The van der Waals surface area contributed by atoms with Crippen molar-refractivity contribution in [3.05, 3.63) is 34.4 Å². The molecule has 0 unspecified atom stereocenters. The molecule has 90 valence electrons. The van der Waals surface area contributed by atoms with Gasteiger partial charge in [0.25, 0.3) is 0 Å². The van der Waals surface area contributed by atoms with Crippen molar-refractivity contribution < 1.29 is 8.42 Å². The Hall–Kier alpha value is -0.660. The highest BCUT2D eigenvalue weighted by Crippen LogP contribution is 2.33. The van der Waals surface area contributed by atoms with Gasteiger partial charge in [0.05, 0.1) is 11.2 Å². The molecule has 17 heavy (non-hydrogen) atoms. The molecule has 2 aromatic rings. The number of nitrogens with zero attached hydrogens (tertiary/aromatic N) is 1. The van der Waals surface area contributed by atoms with Crippen LogP contribution in [-0.2, 0) is 10.0 Å². The molecule has 0 atom stereocenters. The third-order valence-electron chi connectivity index (χ3n) is 1.93. The predicted molar refractivity (Wildman–Crippen MR) is 68.9 cm³/mol. The number of hydrogen-bond donors (Lipinski definition) is 1. The Balaban J connectivity index is 2.51. The summed E-state index contributed by atoms with van der Waals surface area (Å²) < 4.78 is 22.2. The van der Waals surface area contributed by atoms with Gasteiger partial charge in [-0.25, -0.2) is 18.5 Å². The summed E-state index contributed by atoms with van der Waals surface area (Å²) in [5.74, 6) is 0. The van der Waals surface area contributed by atoms with Crippen LogP contribution in [0.3, 0.4) is 0 Å². The zero-order valence-corrected chi connectivity index (χ0v) is 11.4. The number of thiazole rings is 1. The highest BCUT2D eigenvalue weighted by atomic mass is 35.5. The quantitative estimate of drug-likeness (QED) is 0.927. The van der Waals surface area contributed by atoms with E-state index in [2.05, 4.69) is 4.98 Å². The molecule has 0 bridgehead atoms. The molecule has 4 nitrogen and oxygen atoms in total. The van der Waals surface area contributed by atoms with Crippen LogP contribution in [-0.4, -0.2) is 13.4 Å². The number of rotatable bonds is 2. The average Bonchev–Trinajstić information content (AvgIpc) is 2.65. The molecule has 1 heterocycles. The third kappa shape index (κ3) is 2.78. The Labute approximate surface area is 112 Å². The summed E-state index contributed by atoms with van der Waals surface area (Å²) in [6, 6.07) is 4.90. The zero-order chi connectivity index (χ0) is 12.6. The van der Waals surface area contributed by atoms with Crippen molar-refractivity contribution in [1.29, 1.82) is 0 Å². The number of sulfonamides is 1. The summed E-state index contributed by atoms with van der Waals surface area (Å²) in [6.45, 7) is 0. The van der Waals surface area contributed by atoms with Gasteiger partial charge in [-0.15, -0.1) is 11.3 Å². The molecule has 0 aliphatic carbocycles. The van der Waals surface area contributed by atoms with E-state index in [9.17, 15) is 8.42 Å². The predicted octanol–water partition coefficient (Wildman–Crippen LogP) is 2.76. The molecule has 0 saturated heterocycles. The van der Waals surface area contributed by atoms with Gasteiger partial charge in [-0.2, -0.15) is 0 Å².